The van der Waals surface area contributed by atoms with E-state index >= 15 is 0 Å². The summed E-state index contributed by atoms with van der Waals surface area (Å²) in [4.78, 5) is 0. The molecule has 0 saturated heterocycles. The van der Waals surface area contributed by atoms with Crippen molar-refractivity contribution in [3.8, 4) is 0 Å². The summed E-state index contributed by atoms with van der Waals surface area (Å²) < 4.78 is 0. The van der Waals surface area contributed by atoms with Crippen LogP contribution in [0.5, 0.6) is 0 Å². The third-order valence-electron chi connectivity index (χ3n) is 7.12. The van der Waals surface area contributed by atoms with Crippen molar-refractivity contribution < 1.29 is 0 Å². The van der Waals surface area contributed by atoms with Gasteiger partial charge in [-0.25, -0.2) is 0 Å². The molecule has 0 spiro atoms. The Kier molecular flexibility index (Phi) is 4.78. The molecule has 0 bridgehead atoms. The first-order chi connectivity index (χ1) is 9.67. The Morgan fingerprint density at radius 2 is 1.35 bits per heavy atom. The van der Waals surface area contributed by atoms with E-state index in [0.29, 0.717) is 5.41 Å². The summed E-state index contributed by atoms with van der Waals surface area (Å²) in [6, 6.07) is 0. The molecule has 0 heterocycles. The van der Waals surface area contributed by atoms with Crippen molar-refractivity contribution in [1.82, 2.24) is 0 Å². The maximum Gasteiger partial charge on any atom is -0.0321 e. The van der Waals surface area contributed by atoms with Crippen LogP contribution in [-0.4, -0.2) is 0 Å². The van der Waals surface area contributed by atoms with Crippen LogP contribution >= 0.6 is 0 Å². The standard InChI is InChI=1S/C20H36/c1-20(2,15-16-9-4-3-5-10-16)19-14-8-12-17-11-6-7-13-18(17)19/h16-19H,3-15H2,1-2H3. The molecule has 0 aromatic carbocycles. The molecule has 3 atom stereocenters. The van der Waals surface area contributed by atoms with E-state index in [0.717, 1.165) is 23.7 Å². The van der Waals surface area contributed by atoms with E-state index in [9.17, 15) is 0 Å². The highest BCUT2D eigenvalue weighted by atomic mass is 14.5. The molecule has 0 radical (unpaired) electrons. The molecular weight excluding hydrogens is 240 g/mol. The molecule has 0 amide bonds. The highest BCUT2D eigenvalue weighted by Gasteiger charge is 2.42. The number of rotatable bonds is 3. The Morgan fingerprint density at radius 1 is 0.700 bits per heavy atom. The molecule has 116 valence electrons. The summed E-state index contributed by atoms with van der Waals surface area (Å²) in [5.41, 5.74) is 0.614. The third-order valence-corrected chi connectivity index (χ3v) is 7.12. The highest BCUT2D eigenvalue weighted by molar-refractivity contribution is 4.93. The van der Waals surface area contributed by atoms with E-state index < -0.39 is 0 Å². The normalized spacial score (nSPS) is 36.6. The number of hydrogen-bond donors (Lipinski definition) is 0. The van der Waals surface area contributed by atoms with Gasteiger partial charge in [-0.1, -0.05) is 78.1 Å². The lowest BCUT2D eigenvalue weighted by atomic mass is 9.56. The van der Waals surface area contributed by atoms with Gasteiger partial charge in [0.15, 0.2) is 0 Å². The fraction of sp³-hybridized carbons (Fsp3) is 1.00. The summed E-state index contributed by atoms with van der Waals surface area (Å²) in [6.45, 7) is 5.26. The second-order valence-corrected chi connectivity index (χ2v) is 8.94. The molecule has 3 rings (SSSR count). The Morgan fingerprint density at radius 3 is 2.15 bits per heavy atom. The quantitative estimate of drug-likeness (QED) is 0.545. The summed E-state index contributed by atoms with van der Waals surface area (Å²) in [7, 11) is 0. The second-order valence-electron chi connectivity index (χ2n) is 8.94. The van der Waals surface area contributed by atoms with Gasteiger partial charge in [-0.3, -0.25) is 0 Å². The second kappa shape index (κ2) is 6.41. The molecule has 0 aliphatic heterocycles. The molecule has 3 saturated carbocycles. The van der Waals surface area contributed by atoms with Gasteiger partial charge in [0.1, 0.15) is 0 Å². The maximum absolute atomic E-state index is 2.63. The number of hydrogen-bond acceptors (Lipinski definition) is 0. The first-order valence-corrected chi connectivity index (χ1v) is 9.67. The Balaban J connectivity index is 1.65. The van der Waals surface area contributed by atoms with Gasteiger partial charge < -0.3 is 0 Å². The number of fused-ring (bicyclic) bond motifs is 1. The molecule has 0 N–H and O–H groups in total. The molecule has 3 unspecified atom stereocenters. The lowest BCUT2D eigenvalue weighted by molar-refractivity contribution is 0.00748. The van der Waals surface area contributed by atoms with Gasteiger partial charge in [0.2, 0.25) is 0 Å². The summed E-state index contributed by atoms with van der Waals surface area (Å²) in [5.74, 6) is 4.30. The highest BCUT2D eigenvalue weighted by Crippen LogP contribution is 2.52. The monoisotopic (exact) mass is 276 g/mol. The van der Waals surface area contributed by atoms with Crippen molar-refractivity contribution in [2.75, 3.05) is 0 Å². The Bertz CT molecular complexity index is 295. The van der Waals surface area contributed by atoms with Crippen LogP contribution in [0.4, 0.5) is 0 Å². The Labute approximate surface area is 127 Å². The predicted octanol–water partition coefficient (Wildman–Crippen LogP) is 6.59. The fourth-order valence-electron chi connectivity index (χ4n) is 6.20. The van der Waals surface area contributed by atoms with Crippen LogP contribution in [0.3, 0.4) is 0 Å². The van der Waals surface area contributed by atoms with Crippen LogP contribution in [0.15, 0.2) is 0 Å². The van der Waals surface area contributed by atoms with Gasteiger partial charge in [-0.2, -0.15) is 0 Å². The molecule has 0 aromatic rings. The van der Waals surface area contributed by atoms with Crippen LogP contribution < -0.4 is 0 Å². The molecule has 20 heavy (non-hydrogen) atoms. The van der Waals surface area contributed by atoms with Crippen molar-refractivity contribution in [3.05, 3.63) is 0 Å². The zero-order valence-corrected chi connectivity index (χ0v) is 14.0. The van der Waals surface area contributed by atoms with Gasteiger partial charge in [-0.05, 0) is 48.3 Å². The maximum atomic E-state index is 2.63. The van der Waals surface area contributed by atoms with Gasteiger partial charge >= 0.3 is 0 Å². The van der Waals surface area contributed by atoms with Crippen LogP contribution in [0.1, 0.15) is 97.3 Å². The topological polar surface area (TPSA) is 0 Å². The molecule has 0 heteroatoms. The summed E-state index contributed by atoms with van der Waals surface area (Å²) in [6.07, 6.45) is 19.9. The van der Waals surface area contributed by atoms with Crippen molar-refractivity contribution in [3.63, 3.8) is 0 Å². The predicted molar refractivity (Wildman–Crippen MR) is 87.8 cm³/mol. The van der Waals surface area contributed by atoms with Gasteiger partial charge in [0.25, 0.3) is 0 Å². The minimum absolute atomic E-state index is 0.614. The summed E-state index contributed by atoms with van der Waals surface area (Å²) in [5, 5.41) is 0. The zero-order chi connectivity index (χ0) is 14.0. The van der Waals surface area contributed by atoms with Gasteiger partial charge in [0.05, 0.1) is 0 Å². The van der Waals surface area contributed by atoms with Crippen molar-refractivity contribution in [2.24, 2.45) is 29.1 Å². The first kappa shape index (κ1) is 14.9. The molecular formula is C20H36. The SMILES string of the molecule is CC(C)(CC1CCCCC1)C1CCCC2CCCCC21. The van der Waals surface area contributed by atoms with Crippen molar-refractivity contribution in [2.45, 2.75) is 97.3 Å². The van der Waals surface area contributed by atoms with Crippen molar-refractivity contribution >= 4 is 0 Å². The molecule has 3 aliphatic rings. The lowest BCUT2D eigenvalue weighted by Crippen LogP contribution is -2.40. The minimum atomic E-state index is 0.614. The van der Waals surface area contributed by atoms with Crippen LogP contribution in [0, 0.1) is 29.1 Å². The fourth-order valence-corrected chi connectivity index (χ4v) is 6.20. The first-order valence-electron chi connectivity index (χ1n) is 9.67. The van der Waals surface area contributed by atoms with Gasteiger partial charge in [-0.15, -0.1) is 0 Å². The van der Waals surface area contributed by atoms with Crippen LogP contribution in [0.25, 0.3) is 0 Å². The van der Waals surface area contributed by atoms with E-state index in [4.69, 9.17) is 0 Å². The largest absolute Gasteiger partial charge is 0.0596 e. The van der Waals surface area contributed by atoms with E-state index in [1.807, 2.05) is 0 Å². The van der Waals surface area contributed by atoms with Crippen LogP contribution in [0.2, 0.25) is 0 Å². The molecule has 3 fully saturated rings. The third kappa shape index (κ3) is 3.25. The average molecular weight is 277 g/mol. The van der Waals surface area contributed by atoms with E-state index in [1.165, 1.54) is 57.8 Å². The lowest BCUT2D eigenvalue weighted by Gasteiger charge is -2.49. The van der Waals surface area contributed by atoms with E-state index in [2.05, 4.69) is 13.8 Å². The Hall–Kier alpha value is 0. The molecule has 0 nitrogen and oxygen atoms in total. The zero-order valence-electron chi connectivity index (χ0n) is 14.0. The molecule has 3 aliphatic carbocycles. The summed E-state index contributed by atoms with van der Waals surface area (Å²) >= 11 is 0. The van der Waals surface area contributed by atoms with E-state index in [1.54, 1.807) is 25.7 Å². The average Bonchev–Trinajstić information content (AvgIpc) is 2.47. The van der Waals surface area contributed by atoms with Gasteiger partial charge in [0, 0.05) is 0 Å². The molecule has 0 aromatic heterocycles. The van der Waals surface area contributed by atoms with Crippen LogP contribution in [-0.2, 0) is 0 Å². The smallest absolute Gasteiger partial charge is 0.0321 e. The van der Waals surface area contributed by atoms with E-state index in [-0.39, 0.29) is 0 Å². The minimum Gasteiger partial charge on any atom is -0.0596 e. The van der Waals surface area contributed by atoms with Crippen molar-refractivity contribution in [1.29, 1.82) is 0 Å².